The van der Waals surface area contributed by atoms with Gasteiger partial charge in [0, 0.05) is 30.4 Å². The highest BCUT2D eigenvalue weighted by Gasteiger charge is 2.18. The van der Waals surface area contributed by atoms with Crippen LogP contribution in [0.25, 0.3) is 0 Å². The Labute approximate surface area is 143 Å². The normalized spacial score (nSPS) is 11.9. The molecule has 0 radical (unpaired) electrons. The third kappa shape index (κ3) is 4.07. The number of benzene rings is 1. The van der Waals surface area contributed by atoms with Crippen molar-refractivity contribution in [1.29, 1.82) is 0 Å². The van der Waals surface area contributed by atoms with Crippen molar-refractivity contribution in [2.75, 3.05) is 6.61 Å². The zero-order chi connectivity index (χ0) is 17.7. The van der Waals surface area contributed by atoms with Gasteiger partial charge in [0.05, 0.1) is 18.3 Å². The number of aromatic nitrogens is 2. The molecule has 0 bridgehead atoms. The van der Waals surface area contributed by atoms with E-state index in [2.05, 4.69) is 15.7 Å². The van der Waals surface area contributed by atoms with Crippen LogP contribution < -0.4 is 15.4 Å². The van der Waals surface area contributed by atoms with Crippen LogP contribution in [0, 0.1) is 13.8 Å². The lowest BCUT2D eigenvalue weighted by molar-refractivity contribution is 0.237. The molecule has 24 heavy (non-hydrogen) atoms. The number of para-hydroxylation sites is 1. The van der Waals surface area contributed by atoms with Gasteiger partial charge in [0.1, 0.15) is 5.75 Å². The largest absolute Gasteiger partial charge is 0.494 e. The van der Waals surface area contributed by atoms with Crippen LogP contribution >= 0.6 is 0 Å². The molecule has 1 aromatic carbocycles. The summed E-state index contributed by atoms with van der Waals surface area (Å²) in [6, 6.07) is 7.39. The van der Waals surface area contributed by atoms with Crippen molar-refractivity contribution in [3.05, 3.63) is 46.8 Å². The van der Waals surface area contributed by atoms with E-state index < -0.39 is 0 Å². The van der Waals surface area contributed by atoms with E-state index in [1.54, 1.807) is 0 Å². The first-order valence-electron chi connectivity index (χ1n) is 8.19. The first kappa shape index (κ1) is 17.8. The van der Waals surface area contributed by atoms with Gasteiger partial charge in [-0.3, -0.25) is 4.68 Å². The topological polar surface area (TPSA) is 68.2 Å². The van der Waals surface area contributed by atoms with Gasteiger partial charge in [-0.05, 0) is 33.8 Å². The smallest absolute Gasteiger partial charge is 0.315 e. The molecule has 0 spiro atoms. The van der Waals surface area contributed by atoms with E-state index >= 15 is 0 Å². The Kier molecular flexibility index (Phi) is 5.84. The minimum absolute atomic E-state index is 0.110. The number of ether oxygens (including phenoxy) is 1. The Balaban J connectivity index is 1.96. The maximum Gasteiger partial charge on any atom is 0.315 e. The molecule has 0 saturated carbocycles. The van der Waals surface area contributed by atoms with E-state index in [1.807, 2.05) is 63.7 Å². The average Bonchev–Trinajstić information content (AvgIpc) is 2.79. The number of nitrogens with one attached hydrogen (secondary N) is 2. The summed E-state index contributed by atoms with van der Waals surface area (Å²) >= 11 is 0. The molecular weight excluding hydrogens is 304 g/mol. The lowest BCUT2D eigenvalue weighted by Crippen LogP contribution is -2.37. The molecule has 0 saturated heterocycles. The fraction of sp³-hybridized carbons (Fsp3) is 0.444. The fourth-order valence-electron chi connectivity index (χ4n) is 2.86. The number of hydrogen-bond acceptors (Lipinski definition) is 3. The summed E-state index contributed by atoms with van der Waals surface area (Å²) in [7, 11) is 1.91. The summed E-state index contributed by atoms with van der Waals surface area (Å²) in [5.41, 5.74) is 4.00. The minimum Gasteiger partial charge on any atom is -0.494 e. The van der Waals surface area contributed by atoms with Gasteiger partial charge in [0.25, 0.3) is 0 Å². The van der Waals surface area contributed by atoms with Crippen LogP contribution in [0.5, 0.6) is 5.75 Å². The van der Waals surface area contributed by atoms with E-state index in [9.17, 15) is 4.79 Å². The third-order valence-corrected chi connectivity index (χ3v) is 4.06. The van der Waals surface area contributed by atoms with E-state index in [4.69, 9.17) is 4.74 Å². The molecule has 130 valence electrons. The predicted octanol–water partition coefficient (Wildman–Crippen LogP) is 3.00. The minimum atomic E-state index is -0.212. The molecule has 6 nitrogen and oxygen atoms in total. The van der Waals surface area contributed by atoms with Gasteiger partial charge in [-0.1, -0.05) is 18.2 Å². The molecule has 1 aromatic heterocycles. The number of carbonyl (C=O) groups excluding carboxylic acids is 1. The molecule has 0 aliphatic rings. The lowest BCUT2D eigenvalue weighted by Gasteiger charge is -2.16. The van der Waals surface area contributed by atoms with Gasteiger partial charge in [-0.2, -0.15) is 5.10 Å². The number of carbonyl (C=O) groups is 1. The first-order valence-corrected chi connectivity index (χ1v) is 8.19. The van der Waals surface area contributed by atoms with Crippen LogP contribution in [-0.4, -0.2) is 22.4 Å². The Morgan fingerprint density at radius 2 is 2.04 bits per heavy atom. The SMILES string of the molecule is CCOc1ccccc1CNC(=O)N[C@@H](C)c1c(C)nn(C)c1C. The van der Waals surface area contributed by atoms with Gasteiger partial charge in [-0.15, -0.1) is 0 Å². The van der Waals surface area contributed by atoms with E-state index in [1.165, 1.54) is 0 Å². The molecule has 2 aromatic rings. The Bertz CT molecular complexity index is 709. The number of amides is 2. The quantitative estimate of drug-likeness (QED) is 0.855. The van der Waals surface area contributed by atoms with Crippen molar-refractivity contribution >= 4 is 6.03 Å². The summed E-state index contributed by atoms with van der Waals surface area (Å²) in [5, 5.41) is 10.2. The van der Waals surface area contributed by atoms with Crippen LogP contribution in [0.4, 0.5) is 4.79 Å². The highest BCUT2D eigenvalue weighted by Crippen LogP contribution is 2.21. The standard InChI is InChI=1S/C18H26N4O2/c1-6-24-16-10-8-7-9-15(16)11-19-18(23)20-12(2)17-13(3)21-22(5)14(17)4/h7-10,12H,6,11H2,1-5H3,(H2,19,20,23)/t12-/m0/s1. The van der Waals surface area contributed by atoms with Gasteiger partial charge < -0.3 is 15.4 Å². The van der Waals surface area contributed by atoms with Crippen molar-refractivity contribution in [2.45, 2.75) is 40.3 Å². The monoisotopic (exact) mass is 330 g/mol. The molecule has 0 aliphatic heterocycles. The highest BCUT2D eigenvalue weighted by atomic mass is 16.5. The van der Waals surface area contributed by atoms with Crippen LogP contribution in [-0.2, 0) is 13.6 Å². The maximum atomic E-state index is 12.2. The first-order chi connectivity index (χ1) is 11.4. The van der Waals surface area contributed by atoms with Gasteiger partial charge in [0.15, 0.2) is 0 Å². The van der Waals surface area contributed by atoms with Gasteiger partial charge >= 0.3 is 6.03 Å². The summed E-state index contributed by atoms with van der Waals surface area (Å²) in [5.74, 6) is 0.798. The Hall–Kier alpha value is -2.50. The highest BCUT2D eigenvalue weighted by molar-refractivity contribution is 5.74. The summed E-state index contributed by atoms with van der Waals surface area (Å²) in [6.45, 7) is 8.88. The zero-order valence-electron chi connectivity index (χ0n) is 15.0. The maximum absolute atomic E-state index is 12.2. The number of aryl methyl sites for hydroxylation is 2. The summed E-state index contributed by atoms with van der Waals surface area (Å²) in [6.07, 6.45) is 0. The van der Waals surface area contributed by atoms with Crippen molar-refractivity contribution in [1.82, 2.24) is 20.4 Å². The van der Waals surface area contributed by atoms with Crippen molar-refractivity contribution in [3.8, 4) is 5.75 Å². The second-order valence-electron chi connectivity index (χ2n) is 5.80. The molecule has 2 N–H and O–H groups in total. The number of urea groups is 1. The molecule has 0 unspecified atom stereocenters. The second kappa shape index (κ2) is 7.86. The number of rotatable bonds is 6. The van der Waals surface area contributed by atoms with E-state index in [0.717, 1.165) is 28.3 Å². The van der Waals surface area contributed by atoms with Crippen LogP contribution in [0.3, 0.4) is 0 Å². The fourth-order valence-corrected chi connectivity index (χ4v) is 2.86. The van der Waals surface area contributed by atoms with Crippen LogP contribution in [0.15, 0.2) is 24.3 Å². The predicted molar refractivity (Wildman–Crippen MR) is 94.1 cm³/mol. The van der Waals surface area contributed by atoms with Crippen molar-refractivity contribution in [3.63, 3.8) is 0 Å². The molecule has 0 aliphatic carbocycles. The van der Waals surface area contributed by atoms with Crippen molar-refractivity contribution in [2.24, 2.45) is 7.05 Å². The molecule has 2 amide bonds. The van der Waals surface area contributed by atoms with E-state index in [0.29, 0.717) is 13.2 Å². The molecular formula is C18H26N4O2. The Morgan fingerprint density at radius 1 is 1.33 bits per heavy atom. The second-order valence-corrected chi connectivity index (χ2v) is 5.80. The lowest BCUT2D eigenvalue weighted by atomic mass is 10.1. The van der Waals surface area contributed by atoms with Crippen LogP contribution in [0.2, 0.25) is 0 Å². The molecule has 1 atom stereocenters. The Morgan fingerprint density at radius 3 is 2.67 bits per heavy atom. The van der Waals surface area contributed by atoms with Crippen LogP contribution in [0.1, 0.15) is 42.4 Å². The average molecular weight is 330 g/mol. The third-order valence-electron chi connectivity index (χ3n) is 4.06. The zero-order valence-corrected chi connectivity index (χ0v) is 15.0. The van der Waals surface area contributed by atoms with E-state index in [-0.39, 0.29) is 12.1 Å². The molecule has 2 rings (SSSR count). The van der Waals surface area contributed by atoms with Crippen molar-refractivity contribution < 1.29 is 9.53 Å². The number of hydrogen-bond donors (Lipinski definition) is 2. The molecule has 0 fully saturated rings. The van der Waals surface area contributed by atoms with Gasteiger partial charge in [-0.25, -0.2) is 4.79 Å². The summed E-state index contributed by atoms with van der Waals surface area (Å²) < 4.78 is 7.40. The summed E-state index contributed by atoms with van der Waals surface area (Å²) in [4.78, 5) is 12.2. The molecule has 1 heterocycles. The number of nitrogens with zero attached hydrogens (tertiary/aromatic N) is 2. The molecule has 6 heteroatoms. The van der Waals surface area contributed by atoms with Gasteiger partial charge in [0.2, 0.25) is 0 Å².